The fourth-order valence-electron chi connectivity index (χ4n) is 2.84. The van der Waals surface area contributed by atoms with E-state index in [0.29, 0.717) is 11.4 Å². The third-order valence-corrected chi connectivity index (χ3v) is 4.35. The molecule has 1 aliphatic heterocycles. The van der Waals surface area contributed by atoms with Gasteiger partial charge >= 0.3 is 0 Å². The first-order chi connectivity index (χ1) is 9.12. The van der Waals surface area contributed by atoms with Crippen LogP contribution in [0.4, 0.5) is 17.6 Å². The Morgan fingerprint density at radius 2 is 2.05 bits per heavy atom. The van der Waals surface area contributed by atoms with Gasteiger partial charge in [0.25, 0.3) is 0 Å². The van der Waals surface area contributed by atoms with Crippen LogP contribution in [0.2, 0.25) is 0 Å². The molecule has 0 atom stereocenters. The molecule has 0 spiro atoms. The molecule has 1 fully saturated rings. The summed E-state index contributed by atoms with van der Waals surface area (Å²) in [6.45, 7) is 9.58. The summed E-state index contributed by atoms with van der Waals surface area (Å²) in [5, 5.41) is 3.20. The summed E-state index contributed by atoms with van der Waals surface area (Å²) < 4.78 is 0. The van der Waals surface area contributed by atoms with Crippen molar-refractivity contribution in [1.29, 1.82) is 0 Å². The van der Waals surface area contributed by atoms with Gasteiger partial charge in [-0.1, -0.05) is 13.8 Å². The van der Waals surface area contributed by atoms with Crippen LogP contribution in [-0.4, -0.2) is 29.6 Å². The fourth-order valence-corrected chi connectivity index (χ4v) is 2.84. The van der Waals surface area contributed by atoms with Gasteiger partial charge in [-0.25, -0.2) is 0 Å². The topological polar surface area (TPSA) is 67.1 Å². The van der Waals surface area contributed by atoms with Gasteiger partial charge in [-0.3, -0.25) is 0 Å². The Hall–Kier alpha value is -1.52. The van der Waals surface area contributed by atoms with Crippen LogP contribution >= 0.6 is 0 Å². The molecule has 0 saturated carbocycles. The average Bonchev–Trinajstić information content (AvgIpc) is 2.84. The number of anilines is 3. The summed E-state index contributed by atoms with van der Waals surface area (Å²) in [5.41, 5.74) is 6.24. The molecule has 2 rings (SSSR count). The van der Waals surface area contributed by atoms with E-state index >= 15 is 0 Å². The summed E-state index contributed by atoms with van der Waals surface area (Å²) in [4.78, 5) is 10.9. The molecule has 1 aromatic rings. The smallest absolute Gasteiger partial charge is 0.223 e. The Labute approximate surface area is 115 Å². The largest absolute Gasteiger partial charge is 0.370 e. The van der Waals surface area contributed by atoms with E-state index in [-0.39, 0.29) is 0 Å². The maximum atomic E-state index is 5.80. The van der Waals surface area contributed by atoms with Gasteiger partial charge in [0.15, 0.2) is 0 Å². The molecule has 1 aromatic heterocycles. The molecule has 0 aromatic carbocycles. The lowest BCUT2D eigenvalue weighted by atomic mass is 9.82. The fraction of sp³-hybridized carbons (Fsp3) is 0.714. The van der Waals surface area contributed by atoms with E-state index in [9.17, 15) is 0 Å². The van der Waals surface area contributed by atoms with Crippen LogP contribution in [0.3, 0.4) is 0 Å². The number of rotatable bonds is 5. The monoisotopic (exact) mass is 263 g/mol. The summed E-state index contributed by atoms with van der Waals surface area (Å²) >= 11 is 0. The third-order valence-electron chi connectivity index (χ3n) is 4.35. The lowest BCUT2D eigenvalue weighted by Crippen LogP contribution is -2.27. The second-order valence-corrected chi connectivity index (χ2v) is 5.38. The van der Waals surface area contributed by atoms with E-state index in [1.165, 1.54) is 19.3 Å². The van der Waals surface area contributed by atoms with Crippen molar-refractivity contribution in [3.63, 3.8) is 0 Å². The van der Waals surface area contributed by atoms with Crippen LogP contribution in [0.5, 0.6) is 0 Å². The van der Waals surface area contributed by atoms with Crippen LogP contribution in [0.1, 0.15) is 40.0 Å². The summed E-state index contributed by atoms with van der Waals surface area (Å²) in [5.74, 6) is 2.11. The molecule has 3 N–H and O–H groups in total. The van der Waals surface area contributed by atoms with Gasteiger partial charge in [-0.15, -0.1) is 0 Å². The molecule has 19 heavy (non-hydrogen) atoms. The highest BCUT2D eigenvalue weighted by molar-refractivity contribution is 5.53. The minimum atomic E-state index is 0.346. The Bertz CT molecular complexity index is 428. The van der Waals surface area contributed by atoms with Crippen molar-refractivity contribution in [2.45, 2.75) is 40.0 Å². The van der Waals surface area contributed by atoms with E-state index in [0.717, 1.165) is 31.3 Å². The zero-order valence-corrected chi connectivity index (χ0v) is 12.2. The van der Waals surface area contributed by atoms with E-state index < -0.39 is 0 Å². The second kappa shape index (κ2) is 5.63. The van der Waals surface area contributed by atoms with Crippen molar-refractivity contribution in [2.75, 3.05) is 35.6 Å². The third kappa shape index (κ3) is 2.91. The van der Waals surface area contributed by atoms with Gasteiger partial charge < -0.3 is 16.0 Å². The Kier molecular flexibility index (Phi) is 4.12. The molecule has 0 radical (unpaired) electrons. The highest BCUT2D eigenvalue weighted by Crippen LogP contribution is 2.38. The number of nitrogen functional groups attached to an aromatic ring is 1. The van der Waals surface area contributed by atoms with Crippen molar-refractivity contribution in [2.24, 2.45) is 5.41 Å². The van der Waals surface area contributed by atoms with Gasteiger partial charge in [0, 0.05) is 25.7 Å². The van der Waals surface area contributed by atoms with Crippen LogP contribution in [0, 0.1) is 5.41 Å². The standard InChI is InChI=1S/C14H25N5/c1-4-14(5-2)7-8-19(10-14)12-9-11(16-6-3)17-13(15)18-12/h9H,4-8,10H2,1-3H3,(H3,15,16,17,18). The first-order valence-corrected chi connectivity index (χ1v) is 7.26. The van der Waals surface area contributed by atoms with Crippen molar-refractivity contribution >= 4 is 17.6 Å². The average molecular weight is 263 g/mol. The van der Waals surface area contributed by atoms with Crippen LogP contribution in [0.15, 0.2) is 6.07 Å². The molecule has 5 nitrogen and oxygen atoms in total. The van der Waals surface area contributed by atoms with Crippen molar-refractivity contribution < 1.29 is 0 Å². The Morgan fingerprint density at radius 1 is 1.32 bits per heavy atom. The van der Waals surface area contributed by atoms with Crippen molar-refractivity contribution in [1.82, 2.24) is 9.97 Å². The number of hydrogen-bond acceptors (Lipinski definition) is 5. The van der Waals surface area contributed by atoms with Crippen LogP contribution in [-0.2, 0) is 0 Å². The van der Waals surface area contributed by atoms with E-state index in [1.54, 1.807) is 0 Å². The van der Waals surface area contributed by atoms with E-state index in [4.69, 9.17) is 5.73 Å². The number of nitrogens with zero attached hydrogens (tertiary/aromatic N) is 3. The minimum Gasteiger partial charge on any atom is -0.370 e. The van der Waals surface area contributed by atoms with Gasteiger partial charge in [0.2, 0.25) is 5.95 Å². The molecule has 0 unspecified atom stereocenters. The normalized spacial score (nSPS) is 17.7. The maximum Gasteiger partial charge on any atom is 0.223 e. The van der Waals surface area contributed by atoms with Crippen molar-refractivity contribution in [3.8, 4) is 0 Å². The second-order valence-electron chi connectivity index (χ2n) is 5.38. The van der Waals surface area contributed by atoms with Crippen LogP contribution in [0.25, 0.3) is 0 Å². The summed E-state index contributed by atoms with van der Waals surface area (Å²) in [7, 11) is 0. The van der Waals surface area contributed by atoms with E-state index in [2.05, 4.69) is 34.0 Å². The number of aromatic nitrogens is 2. The molecule has 0 amide bonds. The van der Waals surface area contributed by atoms with Gasteiger partial charge in [0.05, 0.1) is 0 Å². The van der Waals surface area contributed by atoms with Gasteiger partial charge in [0.1, 0.15) is 11.6 Å². The molecule has 0 bridgehead atoms. The number of hydrogen-bond donors (Lipinski definition) is 2. The molecule has 2 heterocycles. The Morgan fingerprint density at radius 3 is 2.63 bits per heavy atom. The quantitative estimate of drug-likeness (QED) is 0.854. The highest BCUT2D eigenvalue weighted by atomic mass is 15.2. The SMILES string of the molecule is CCNc1cc(N2CCC(CC)(CC)C2)nc(N)n1. The highest BCUT2D eigenvalue weighted by Gasteiger charge is 2.35. The summed E-state index contributed by atoms with van der Waals surface area (Å²) in [6.07, 6.45) is 3.68. The molecule has 1 saturated heterocycles. The molecule has 0 aliphatic carbocycles. The predicted octanol–water partition coefficient (Wildman–Crippen LogP) is 2.51. The summed E-state index contributed by atoms with van der Waals surface area (Å²) in [6, 6.07) is 2.00. The lowest BCUT2D eigenvalue weighted by molar-refractivity contribution is 0.301. The molecular formula is C14H25N5. The zero-order valence-electron chi connectivity index (χ0n) is 12.2. The Balaban J connectivity index is 2.19. The predicted molar refractivity (Wildman–Crippen MR) is 80.5 cm³/mol. The van der Waals surface area contributed by atoms with Crippen molar-refractivity contribution in [3.05, 3.63) is 6.07 Å². The first kappa shape index (κ1) is 13.9. The molecule has 106 valence electrons. The lowest BCUT2D eigenvalue weighted by Gasteiger charge is -2.26. The molecule has 1 aliphatic rings. The number of nitrogens with one attached hydrogen (secondary N) is 1. The van der Waals surface area contributed by atoms with Gasteiger partial charge in [-0.2, -0.15) is 9.97 Å². The van der Waals surface area contributed by atoms with Gasteiger partial charge in [-0.05, 0) is 31.6 Å². The first-order valence-electron chi connectivity index (χ1n) is 7.26. The van der Waals surface area contributed by atoms with E-state index in [1.807, 2.05) is 13.0 Å². The zero-order chi connectivity index (χ0) is 13.9. The maximum absolute atomic E-state index is 5.80. The van der Waals surface area contributed by atoms with Crippen LogP contribution < -0.4 is 16.0 Å². The minimum absolute atomic E-state index is 0.346. The molecular weight excluding hydrogens is 238 g/mol. The number of nitrogens with two attached hydrogens (primary N) is 1. The molecule has 5 heteroatoms.